The lowest BCUT2D eigenvalue weighted by Crippen LogP contribution is -2.43. The van der Waals surface area contributed by atoms with Gasteiger partial charge in [0.05, 0.1) is 0 Å². The minimum atomic E-state index is -0.355. The van der Waals surface area contributed by atoms with Crippen LogP contribution >= 0.6 is 0 Å². The number of carbonyl (C=O) groups excluding carboxylic acids is 2. The summed E-state index contributed by atoms with van der Waals surface area (Å²) < 4.78 is 25.9. The number of rotatable bonds is 4. The molecule has 0 bridgehead atoms. The lowest BCUT2D eigenvalue weighted by Gasteiger charge is -2.34. The van der Waals surface area contributed by atoms with Crippen LogP contribution in [-0.4, -0.2) is 29.9 Å². The van der Waals surface area contributed by atoms with Crippen LogP contribution in [0.15, 0.2) is 48.5 Å². The molecule has 0 radical (unpaired) electrons. The Balaban J connectivity index is 1.48. The number of amides is 3. The van der Waals surface area contributed by atoms with Gasteiger partial charge in [0.2, 0.25) is 5.91 Å². The van der Waals surface area contributed by atoms with Gasteiger partial charge in [-0.2, -0.15) is 0 Å². The molecule has 0 unspecified atom stereocenters. The molecule has 5 nitrogen and oxygen atoms in total. The average molecular weight is 387 g/mol. The van der Waals surface area contributed by atoms with Crippen LogP contribution in [0.2, 0.25) is 0 Å². The highest BCUT2D eigenvalue weighted by Crippen LogP contribution is 2.26. The van der Waals surface area contributed by atoms with E-state index in [-0.39, 0.29) is 35.4 Å². The Labute approximate surface area is 162 Å². The molecule has 1 fully saturated rings. The number of hydrogen-bond acceptors (Lipinski definition) is 2. The van der Waals surface area contributed by atoms with Crippen molar-refractivity contribution in [2.24, 2.45) is 11.8 Å². The molecule has 1 aliphatic heterocycles. The highest BCUT2D eigenvalue weighted by atomic mass is 19.1. The topological polar surface area (TPSA) is 61.4 Å². The van der Waals surface area contributed by atoms with Crippen molar-refractivity contribution < 1.29 is 18.4 Å². The first kappa shape index (κ1) is 19.8. The maximum absolute atomic E-state index is 13.0. The second-order valence-corrected chi connectivity index (χ2v) is 7.05. The highest BCUT2D eigenvalue weighted by molar-refractivity contribution is 5.92. The summed E-state index contributed by atoms with van der Waals surface area (Å²) in [6.45, 7) is 2.97. The summed E-state index contributed by atoms with van der Waals surface area (Å²) >= 11 is 0. The molecular weight excluding hydrogens is 364 g/mol. The summed E-state index contributed by atoms with van der Waals surface area (Å²) in [5.74, 6) is -0.868. The van der Waals surface area contributed by atoms with E-state index in [4.69, 9.17) is 0 Å². The van der Waals surface area contributed by atoms with Gasteiger partial charge in [-0.05, 0) is 67.3 Å². The van der Waals surface area contributed by atoms with Crippen molar-refractivity contribution in [2.45, 2.75) is 19.8 Å². The molecule has 28 heavy (non-hydrogen) atoms. The van der Waals surface area contributed by atoms with Crippen LogP contribution < -0.4 is 10.6 Å². The Morgan fingerprint density at radius 1 is 0.893 bits per heavy atom. The monoisotopic (exact) mass is 387 g/mol. The van der Waals surface area contributed by atoms with E-state index in [1.807, 2.05) is 6.92 Å². The standard InChI is InChI=1S/C21H23F2N3O2/c1-14(20(27)24-18-6-2-16(22)3-7-18)15-10-12-26(13-11-15)21(28)25-19-8-4-17(23)5-9-19/h2-9,14-15H,10-13H2,1H3,(H,24,27)(H,25,28)/t14-/m1/s1. The van der Waals surface area contributed by atoms with E-state index >= 15 is 0 Å². The summed E-state index contributed by atoms with van der Waals surface area (Å²) in [6, 6.07) is 11.1. The van der Waals surface area contributed by atoms with Gasteiger partial charge < -0.3 is 15.5 Å². The van der Waals surface area contributed by atoms with Crippen LogP contribution in [0, 0.1) is 23.5 Å². The Bertz CT molecular complexity index is 817. The molecular formula is C21H23F2N3O2. The van der Waals surface area contributed by atoms with Gasteiger partial charge in [-0.1, -0.05) is 6.92 Å². The third kappa shape index (κ3) is 5.06. The fourth-order valence-electron chi connectivity index (χ4n) is 3.34. The number of piperidine rings is 1. The minimum absolute atomic E-state index is 0.110. The third-order valence-electron chi connectivity index (χ3n) is 5.15. The number of hydrogen-bond donors (Lipinski definition) is 2. The maximum atomic E-state index is 13.0. The van der Waals surface area contributed by atoms with Gasteiger partial charge in [-0.15, -0.1) is 0 Å². The van der Waals surface area contributed by atoms with Gasteiger partial charge in [0.15, 0.2) is 0 Å². The number of anilines is 2. The first-order chi connectivity index (χ1) is 13.4. The summed E-state index contributed by atoms with van der Waals surface area (Å²) in [7, 11) is 0. The van der Waals surface area contributed by atoms with E-state index in [1.165, 1.54) is 48.5 Å². The van der Waals surface area contributed by atoms with Crippen molar-refractivity contribution in [1.29, 1.82) is 0 Å². The van der Waals surface area contributed by atoms with E-state index in [0.717, 1.165) is 12.8 Å². The van der Waals surface area contributed by atoms with Gasteiger partial charge >= 0.3 is 6.03 Å². The fraction of sp³-hybridized carbons (Fsp3) is 0.333. The number of carbonyl (C=O) groups is 2. The molecule has 3 rings (SSSR count). The summed E-state index contributed by atoms with van der Waals surface area (Å²) in [5, 5.41) is 5.56. The Kier molecular flexibility index (Phi) is 6.23. The van der Waals surface area contributed by atoms with E-state index in [9.17, 15) is 18.4 Å². The van der Waals surface area contributed by atoms with Crippen molar-refractivity contribution in [2.75, 3.05) is 23.7 Å². The fourth-order valence-corrected chi connectivity index (χ4v) is 3.34. The molecule has 7 heteroatoms. The zero-order chi connectivity index (χ0) is 20.1. The van der Waals surface area contributed by atoms with Gasteiger partial charge in [0.1, 0.15) is 11.6 Å². The molecule has 3 amide bonds. The Hall–Kier alpha value is -2.96. The molecule has 1 heterocycles. The van der Waals surface area contributed by atoms with E-state index in [1.54, 1.807) is 4.90 Å². The van der Waals surface area contributed by atoms with Crippen molar-refractivity contribution in [3.8, 4) is 0 Å². The molecule has 1 atom stereocenters. The second-order valence-electron chi connectivity index (χ2n) is 7.05. The highest BCUT2D eigenvalue weighted by Gasteiger charge is 2.30. The van der Waals surface area contributed by atoms with Crippen LogP contribution in [-0.2, 0) is 4.79 Å². The first-order valence-electron chi connectivity index (χ1n) is 9.30. The third-order valence-corrected chi connectivity index (χ3v) is 5.15. The average Bonchev–Trinajstić information content (AvgIpc) is 2.71. The minimum Gasteiger partial charge on any atom is -0.326 e. The maximum Gasteiger partial charge on any atom is 0.321 e. The molecule has 1 aliphatic rings. The molecule has 2 N–H and O–H groups in total. The molecule has 0 aromatic heterocycles. The molecule has 0 spiro atoms. The van der Waals surface area contributed by atoms with Crippen LogP contribution in [0.25, 0.3) is 0 Å². The van der Waals surface area contributed by atoms with Crippen LogP contribution in [0.1, 0.15) is 19.8 Å². The van der Waals surface area contributed by atoms with Crippen molar-refractivity contribution >= 4 is 23.3 Å². The second kappa shape index (κ2) is 8.82. The van der Waals surface area contributed by atoms with Crippen LogP contribution in [0.5, 0.6) is 0 Å². The van der Waals surface area contributed by atoms with Gasteiger partial charge in [0, 0.05) is 30.4 Å². The van der Waals surface area contributed by atoms with Gasteiger partial charge in [0.25, 0.3) is 0 Å². The zero-order valence-electron chi connectivity index (χ0n) is 15.6. The first-order valence-corrected chi connectivity index (χ1v) is 9.30. The molecule has 2 aromatic rings. The molecule has 0 saturated carbocycles. The van der Waals surface area contributed by atoms with Crippen molar-refractivity contribution in [1.82, 2.24) is 4.90 Å². The number of urea groups is 1. The Morgan fingerprint density at radius 3 is 1.86 bits per heavy atom. The number of benzene rings is 2. The lowest BCUT2D eigenvalue weighted by atomic mass is 9.85. The number of nitrogens with one attached hydrogen (secondary N) is 2. The summed E-state index contributed by atoms with van der Waals surface area (Å²) in [6.07, 6.45) is 1.43. The Morgan fingerprint density at radius 2 is 1.36 bits per heavy atom. The predicted molar refractivity (Wildman–Crippen MR) is 104 cm³/mol. The predicted octanol–water partition coefficient (Wildman–Crippen LogP) is 4.48. The van der Waals surface area contributed by atoms with Crippen molar-refractivity contribution in [3.05, 3.63) is 60.2 Å². The van der Waals surface area contributed by atoms with E-state index in [2.05, 4.69) is 10.6 Å². The molecule has 148 valence electrons. The quantitative estimate of drug-likeness (QED) is 0.812. The van der Waals surface area contributed by atoms with E-state index < -0.39 is 0 Å². The molecule has 0 aliphatic carbocycles. The number of halogens is 2. The van der Waals surface area contributed by atoms with E-state index in [0.29, 0.717) is 24.5 Å². The number of likely N-dealkylation sites (tertiary alicyclic amines) is 1. The largest absolute Gasteiger partial charge is 0.326 e. The van der Waals surface area contributed by atoms with Gasteiger partial charge in [-0.25, -0.2) is 13.6 Å². The smallest absolute Gasteiger partial charge is 0.321 e. The van der Waals surface area contributed by atoms with Crippen molar-refractivity contribution in [3.63, 3.8) is 0 Å². The number of nitrogens with zero attached hydrogens (tertiary/aromatic N) is 1. The summed E-state index contributed by atoms with van der Waals surface area (Å²) in [5.41, 5.74) is 1.11. The normalized spacial score (nSPS) is 15.8. The molecule has 2 aromatic carbocycles. The van der Waals surface area contributed by atoms with Crippen LogP contribution in [0.4, 0.5) is 25.0 Å². The van der Waals surface area contributed by atoms with Crippen LogP contribution in [0.3, 0.4) is 0 Å². The van der Waals surface area contributed by atoms with Gasteiger partial charge in [-0.3, -0.25) is 4.79 Å². The lowest BCUT2D eigenvalue weighted by molar-refractivity contribution is -0.121. The zero-order valence-corrected chi connectivity index (χ0v) is 15.6. The summed E-state index contributed by atoms with van der Waals surface area (Å²) in [4.78, 5) is 26.5. The SMILES string of the molecule is C[C@@H](C(=O)Nc1ccc(F)cc1)C1CCN(C(=O)Nc2ccc(F)cc2)CC1. The molecule has 1 saturated heterocycles.